The van der Waals surface area contributed by atoms with E-state index in [4.69, 9.17) is 4.74 Å². The first kappa shape index (κ1) is 14.0. The fraction of sp³-hybridized carbons (Fsp3) is 1.00. The van der Waals surface area contributed by atoms with E-state index in [1.54, 1.807) is 0 Å². The highest BCUT2D eigenvalue weighted by Crippen LogP contribution is 2.21. The third-order valence-electron chi connectivity index (χ3n) is 3.37. The maximum absolute atomic E-state index is 5.78. The summed E-state index contributed by atoms with van der Waals surface area (Å²) in [5, 5.41) is 3.68. The summed E-state index contributed by atoms with van der Waals surface area (Å²) in [6, 6.07) is 0.670. The van der Waals surface area contributed by atoms with E-state index in [0.717, 1.165) is 13.2 Å². The Labute approximate surface area is 101 Å². The molecule has 0 radical (unpaired) electrons. The van der Waals surface area contributed by atoms with Crippen LogP contribution in [0.15, 0.2) is 0 Å². The summed E-state index contributed by atoms with van der Waals surface area (Å²) in [5.41, 5.74) is 0.440. The van der Waals surface area contributed by atoms with Crippen LogP contribution in [0.3, 0.4) is 0 Å². The van der Waals surface area contributed by atoms with Crippen molar-refractivity contribution in [3.63, 3.8) is 0 Å². The predicted molar refractivity (Wildman–Crippen MR) is 69.7 cm³/mol. The summed E-state index contributed by atoms with van der Waals surface area (Å²) < 4.78 is 5.78. The number of hydrogen-bond acceptors (Lipinski definition) is 2. The van der Waals surface area contributed by atoms with Gasteiger partial charge in [-0.25, -0.2) is 0 Å². The van der Waals surface area contributed by atoms with Crippen LogP contribution in [0.5, 0.6) is 0 Å². The van der Waals surface area contributed by atoms with Gasteiger partial charge in [0.25, 0.3) is 0 Å². The van der Waals surface area contributed by atoms with Gasteiger partial charge in [-0.1, -0.05) is 34.6 Å². The lowest BCUT2D eigenvalue weighted by atomic mass is 9.91. The average Bonchev–Trinajstić information content (AvgIpc) is 2.16. The lowest BCUT2D eigenvalue weighted by molar-refractivity contribution is -0.0245. The highest BCUT2D eigenvalue weighted by Gasteiger charge is 2.24. The van der Waals surface area contributed by atoms with Crippen molar-refractivity contribution in [3.8, 4) is 0 Å². The summed E-state index contributed by atoms with van der Waals surface area (Å²) in [5.74, 6) is 0.646. The van der Waals surface area contributed by atoms with Crippen LogP contribution in [-0.4, -0.2) is 25.3 Å². The summed E-state index contributed by atoms with van der Waals surface area (Å²) in [4.78, 5) is 0. The largest absolute Gasteiger partial charge is 0.378 e. The molecule has 0 saturated carbocycles. The van der Waals surface area contributed by atoms with Crippen LogP contribution in [0.25, 0.3) is 0 Å². The summed E-state index contributed by atoms with van der Waals surface area (Å²) in [6.45, 7) is 13.5. The number of ether oxygens (including phenoxy) is 1. The van der Waals surface area contributed by atoms with E-state index in [1.807, 2.05) is 0 Å². The Hall–Kier alpha value is -0.0800. The van der Waals surface area contributed by atoms with Crippen LogP contribution in [0.1, 0.15) is 53.9 Å². The summed E-state index contributed by atoms with van der Waals surface area (Å²) in [7, 11) is 0. The highest BCUT2D eigenvalue weighted by molar-refractivity contribution is 4.79. The van der Waals surface area contributed by atoms with Crippen molar-refractivity contribution in [1.82, 2.24) is 5.32 Å². The molecular formula is C14H29NO. The molecule has 1 fully saturated rings. The van der Waals surface area contributed by atoms with Gasteiger partial charge in [0.2, 0.25) is 0 Å². The van der Waals surface area contributed by atoms with Gasteiger partial charge in [-0.15, -0.1) is 0 Å². The molecule has 0 bridgehead atoms. The second kappa shape index (κ2) is 6.02. The smallest absolute Gasteiger partial charge is 0.0612 e. The molecule has 2 unspecified atom stereocenters. The van der Waals surface area contributed by atoms with E-state index in [9.17, 15) is 0 Å². The Morgan fingerprint density at radius 3 is 2.56 bits per heavy atom. The number of nitrogens with one attached hydrogen (secondary N) is 1. The molecule has 1 N–H and O–H groups in total. The van der Waals surface area contributed by atoms with E-state index in [1.165, 1.54) is 19.3 Å². The van der Waals surface area contributed by atoms with Gasteiger partial charge in [-0.05, 0) is 37.1 Å². The second-order valence-electron chi connectivity index (χ2n) is 6.64. The zero-order valence-corrected chi connectivity index (χ0v) is 11.7. The van der Waals surface area contributed by atoms with Crippen molar-refractivity contribution < 1.29 is 4.74 Å². The molecule has 0 aliphatic carbocycles. The highest BCUT2D eigenvalue weighted by atomic mass is 16.5. The van der Waals surface area contributed by atoms with Crippen molar-refractivity contribution in [1.29, 1.82) is 0 Å². The minimum Gasteiger partial charge on any atom is -0.378 e. The Bertz CT molecular complexity index is 195. The van der Waals surface area contributed by atoms with E-state index in [0.29, 0.717) is 23.5 Å². The molecule has 1 heterocycles. The van der Waals surface area contributed by atoms with Gasteiger partial charge in [-0.3, -0.25) is 0 Å². The predicted octanol–water partition coefficient (Wildman–Crippen LogP) is 3.22. The topological polar surface area (TPSA) is 21.3 Å². The standard InChI is InChI=1S/C14H29NO/c1-11(2)13-10-12(6-9-16-13)15-8-7-14(3,4)5/h11-13,15H,6-10H2,1-5H3. The van der Waals surface area contributed by atoms with Gasteiger partial charge < -0.3 is 10.1 Å². The second-order valence-corrected chi connectivity index (χ2v) is 6.64. The van der Waals surface area contributed by atoms with Gasteiger partial charge in [0, 0.05) is 12.6 Å². The summed E-state index contributed by atoms with van der Waals surface area (Å²) >= 11 is 0. The third kappa shape index (κ3) is 5.31. The lowest BCUT2D eigenvalue weighted by Crippen LogP contribution is -2.41. The SMILES string of the molecule is CC(C)C1CC(NCCC(C)(C)C)CCO1. The molecule has 1 aliphatic rings. The van der Waals surface area contributed by atoms with Crippen LogP contribution in [0.2, 0.25) is 0 Å². The average molecular weight is 227 g/mol. The fourth-order valence-electron chi connectivity index (χ4n) is 2.13. The van der Waals surface area contributed by atoms with Crippen LogP contribution in [0.4, 0.5) is 0 Å². The van der Waals surface area contributed by atoms with Gasteiger partial charge in [0.15, 0.2) is 0 Å². The maximum atomic E-state index is 5.78. The Morgan fingerprint density at radius 2 is 2.00 bits per heavy atom. The molecule has 0 aromatic rings. The minimum absolute atomic E-state index is 0.440. The maximum Gasteiger partial charge on any atom is 0.0612 e. The van der Waals surface area contributed by atoms with E-state index in [-0.39, 0.29) is 0 Å². The zero-order chi connectivity index (χ0) is 12.2. The third-order valence-corrected chi connectivity index (χ3v) is 3.37. The lowest BCUT2D eigenvalue weighted by Gasteiger charge is -2.33. The van der Waals surface area contributed by atoms with Gasteiger partial charge >= 0.3 is 0 Å². The molecule has 0 aromatic carbocycles. The minimum atomic E-state index is 0.440. The molecule has 1 saturated heterocycles. The quantitative estimate of drug-likeness (QED) is 0.796. The van der Waals surface area contributed by atoms with Crippen LogP contribution in [-0.2, 0) is 4.74 Å². The number of rotatable bonds is 4. The van der Waals surface area contributed by atoms with E-state index in [2.05, 4.69) is 39.9 Å². The van der Waals surface area contributed by atoms with Crippen molar-refractivity contribution in [3.05, 3.63) is 0 Å². The van der Waals surface area contributed by atoms with Crippen LogP contribution in [0, 0.1) is 11.3 Å². The summed E-state index contributed by atoms with van der Waals surface area (Å²) in [6.07, 6.45) is 4.06. The van der Waals surface area contributed by atoms with Crippen molar-refractivity contribution in [2.24, 2.45) is 11.3 Å². The molecule has 0 aromatic heterocycles. The van der Waals surface area contributed by atoms with Gasteiger partial charge in [-0.2, -0.15) is 0 Å². The van der Waals surface area contributed by atoms with Crippen LogP contribution >= 0.6 is 0 Å². The molecule has 0 spiro atoms. The van der Waals surface area contributed by atoms with Gasteiger partial charge in [0.1, 0.15) is 0 Å². The molecule has 1 rings (SSSR count). The Kier molecular flexibility index (Phi) is 5.26. The first-order chi connectivity index (χ1) is 7.38. The fourth-order valence-corrected chi connectivity index (χ4v) is 2.13. The first-order valence-electron chi connectivity index (χ1n) is 6.73. The molecule has 2 nitrogen and oxygen atoms in total. The van der Waals surface area contributed by atoms with E-state index < -0.39 is 0 Å². The molecular weight excluding hydrogens is 198 g/mol. The molecule has 2 atom stereocenters. The number of hydrogen-bond donors (Lipinski definition) is 1. The Morgan fingerprint density at radius 1 is 1.31 bits per heavy atom. The molecule has 0 amide bonds. The molecule has 16 heavy (non-hydrogen) atoms. The molecule has 96 valence electrons. The van der Waals surface area contributed by atoms with Crippen molar-refractivity contribution in [2.75, 3.05) is 13.2 Å². The van der Waals surface area contributed by atoms with E-state index >= 15 is 0 Å². The zero-order valence-electron chi connectivity index (χ0n) is 11.7. The monoisotopic (exact) mass is 227 g/mol. The van der Waals surface area contributed by atoms with Crippen molar-refractivity contribution >= 4 is 0 Å². The van der Waals surface area contributed by atoms with Gasteiger partial charge in [0.05, 0.1) is 6.10 Å². The normalized spacial score (nSPS) is 27.4. The molecule has 1 aliphatic heterocycles. The van der Waals surface area contributed by atoms with Crippen molar-refractivity contribution in [2.45, 2.75) is 66.0 Å². The van der Waals surface area contributed by atoms with Crippen LogP contribution < -0.4 is 5.32 Å². The Balaban J connectivity index is 2.22. The molecule has 2 heteroatoms. The first-order valence-corrected chi connectivity index (χ1v) is 6.73.